The summed E-state index contributed by atoms with van der Waals surface area (Å²) in [6, 6.07) is 6.41. The van der Waals surface area contributed by atoms with Crippen LogP contribution in [0.15, 0.2) is 35.3 Å². The van der Waals surface area contributed by atoms with Crippen LogP contribution in [-0.2, 0) is 17.6 Å². The van der Waals surface area contributed by atoms with Gasteiger partial charge in [0.25, 0.3) is 11.5 Å². The maximum Gasteiger partial charge on any atom is 0.326 e. The first-order valence-electron chi connectivity index (χ1n) is 9.42. The van der Waals surface area contributed by atoms with Crippen LogP contribution < -0.4 is 11.3 Å². The highest BCUT2D eigenvalue weighted by atomic mass is 16.4. The molecular formula is C20H21N5O4. The zero-order chi connectivity index (χ0) is 20.5. The Morgan fingerprint density at radius 3 is 2.72 bits per heavy atom. The summed E-state index contributed by atoms with van der Waals surface area (Å²) >= 11 is 0. The Hall–Kier alpha value is -3.62. The van der Waals surface area contributed by atoms with E-state index in [0.29, 0.717) is 48.8 Å². The van der Waals surface area contributed by atoms with Gasteiger partial charge in [-0.1, -0.05) is 12.1 Å². The molecule has 4 rings (SSSR count). The van der Waals surface area contributed by atoms with E-state index in [2.05, 4.69) is 15.0 Å². The molecule has 9 heteroatoms. The monoisotopic (exact) mass is 395 g/mol. The van der Waals surface area contributed by atoms with Crippen LogP contribution in [0.4, 0.5) is 5.95 Å². The van der Waals surface area contributed by atoms with E-state index in [9.17, 15) is 19.5 Å². The normalized spacial score (nSPS) is 16.4. The Morgan fingerprint density at radius 2 is 2.00 bits per heavy atom. The molecule has 3 aromatic rings. The molecule has 0 spiro atoms. The van der Waals surface area contributed by atoms with Crippen molar-refractivity contribution in [2.75, 3.05) is 12.3 Å². The van der Waals surface area contributed by atoms with Gasteiger partial charge in [0.05, 0.1) is 5.39 Å². The number of aryl methyl sites for hydroxylation is 2. The van der Waals surface area contributed by atoms with Crippen LogP contribution in [-0.4, -0.2) is 49.4 Å². The number of benzene rings is 1. The van der Waals surface area contributed by atoms with Crippen LogP contribution in [0.2, 0.25) is 0 Å². The summed E-state index contributed by atoms with van der Waals surface area (Å²) in [7, 11) is 0. The molecule has 1 saturated heterocycles. The van der Waals surface area contributed by atoms with Gasteiger partial charge in [0.1, 0.15) is 11.7 Å². The molecule has 150 valence electrons. The maximum atomic E-state index is 12.6. The molecule has 1 aliphatic heterocycles. The molecule has 0 radical (unpaired) electrons. The van der Waals surface area contributed by atoms with Crippen molar-refractivity contribution >= 4 is 28.9 Å². The number of nitrogens with two attached hydrogens (primary N) is 1. The van der Waals surface area contributed by atoms with Crippen LogP contribution in [0, 0.1) is 0 Å². The predicted octanol–water partition coefficient (Wildman–Crippen LogP) is 1.31. The average Bonchev–Trinajstić information content (AvgIpc) is 3.33. The Labute approximate surface area is 165 Å². The number of carboxylic acid groups (broad SMARTS) is 1. The first-order valence-corrected chi connectivity index (χ1v) is 9.42. The molecule has 0 aliphatic carbocycles. The molecule has 1 atom stereocenters. The van der Waals surface area contributed by atoms with Crippen LogP contribution in [0.25, 0.3) is 11.0 Å². The number of rotatable bonds is 5. The third kappa shape index (κ3) is 3.58. The second-order valence-corrected chi connectivity index (χ2v) is 7.18. The standard InChI is InChI=1S/C20H21N5O4/c21-20-23-16-15(17(26)24-20)13(10-22-16)8-5-11-3-6-12(7-4-11)18(27)25-9-1-2-14(25)19(28)29/h3-4,6-7,10,14H,1-2,5,8-9H2,(H,28,29)(H4,21,22,23,24,26)/t14-/m0/s1. The lowest BCUT2D eigenvalue weighted by atomic mass is 10.0. The molecule has 0 unspecified atom stereocenters. The molecule has 1 amide bonds. The number of anilines is 1. The summed E-state index contributed by atoms with van der Waals surface area (Å²) < 4.78 is 0. The lowest BCUT2D eigenvalue weighted by molar-refractivity contribution is -0.141. The van der Waals surface area contributed by atoms with Crippen molar-refractivity contribution in [3.05, 3.63) is 57.5 Å². The number of aliphatic carboxylic acids is 1. The molecule has 0 bridgehead atoms. The molecule has 1 fully saturated rings. The minimum atomic E-state index is -0.961. The van der Waals surface area contributed by atoms with E-state index >= 15 is 0 Å². The van der Waals surface area contributed by atoms with E-state index in [-0.39, 0.29) is 17.4 Å². The number of amides is 1. The number of nitrogens with zero attached hydrogens (tertiary/aromatic N) is 2. The molecule has 1 aliphatic rings. The molecule has 2 aromatic heterocycles. The molecular weight excluding hydrogens is 374 g/mol. The number of carbonyl (C=O) groups excluding carboxylic acids is 1. The van der Waals surface area contributed by atoms with Gasteiger partial charge >= 0.3 is 5.97 Å². The first kappa shape index (κ1) is 18.7. The molecule has 9 nitrogen and oxygen atoms in total. The van der Waals surface area contributed by atoms with Crippen molar-refractivity contribution in [1.29, 1.82) is 0 Å². The Kier molecular flexibility index (Phi) is 4.79. The number of carbonyl (C=O) groups is 2. The van der Waals surface area contributed by atoms with E-state index in [1.165, 1.54) is 4.90 Å². The fourth-order valence-corrected chi connectivity index (χ4v) is 3.84. The van der Waals surface area contributed by atoms with Crippen LogP contribution in [0.1, 0.15) is 34.3 Å². The Bertz CT molecular complexity index is 1130. The highest BCUT2D eigenvalue weighted by Gasteiger charge is 2.34. The van der Waals surface area contributed by atoms with Gasteiger partial charge < -0.3 is 20.7 Å². The number of carboxylic acids is 1. The van der Waals surface area contributed by atoms with Crippen molar-refractivity contribution in [1.82, 2.24) is 19.9 Å². The SMILES string of the molecule is Nc1nc2[nH]cc(CCc3ccc(C(=O)N4CCC[C@H]4C(=O)O)cc3)c2c(=O)[nH]1. The van der Waals surface area contributed by atoms with E-state index in [4.69, 9.17) is 5.73 Å². The van der Waals surface area contributed by atoms with E-state index in [1.54, 1.807) is 18.3 Å². The number of nitrogens with one attached hydrogen (secondary N) is 2. The number of hydrogen-bond donors (Lipinski definition) is 4. The van der Waals surface area contributed by atoms with Crippen molar-refractivity contribution in [3.63, 3.8) is 0 Å². The minimum Gasteiger partial charge on any atom is -0.480 e. The number of hydrogen-bond acceptors (Lipinski definition) is 5. The number of fused-ring (bicyclic) bond motifs is 1. The first-order chi connectivity index (χ1) is 13.9. The number of likely N-dealkylation sites (tertiary alicyclic amines) is 1. The van der Waals surface area contributed by atoms with E-state index < -0.39 is 12.0 Å². The maximum absolute atomic E-state index is 12.6. The summed E-state index contributed by atoms with van der Waals surface area (Å²) in [4.78, 5) is 47.0. The fraction of sp³-hybridized carbons (Fsp3) is 0.300. The largest absolute Gasteiger partial charge is 0.480 e. The summed E-state index contributed by atoms with van der Waals surface area (Å²) in [5.41, 5.74) is 8.07. The third-order valence-corrected chi connectivity index (χ3v) is 5.32. The van der Waals surface area contributed by atoms with Gasteiger partial charge in [-0.2, -0.15) is 4.98 Å². The van der Waals surface area contributed by atoms with Crippen molar-refractivity contribution in [3.8, 4) is 0 Å². The van der Waals surface area contributed by atoms with Crippen LogP contribution >= 0.6 is 0 Å². The Morgan fingerprint density at radius 1 is 1.24 bits per heavy atom. The lowest BCUT2D eigenvalue weighted by Crippen LogP contribution is -2.40. The van der Waals surface area contributed by atoms with Gasteiger partial charge in [0.15, 0.2) is 0 Å². The van der Waals surface area contributed by atoms with Gasteiger partial charge in [-0.15, -0.1) is 0 Å². The summed E-state index contributed by atoms with van der Waals surface area (Å²) in [5.74, 6) is -1.15. The molecule has 5 N–H and O–H groups in total. The zero-order valence-electron chi connectivity index (χ0n) is 15.6. The fourth-order valence-electron chi connectivity index (χ4n) is 3.84. The smallest absolute Gasteiger partial charge is 0.326 e. The third-order valence-electron chi connectivity index (χ3n) is 5.32. The van der Waals surface area contributed by atoms with Gasteiger partial charge in [-0.3, -0.25) is 14.6 Å². The number of H-pyrrole nitrogens is 2. The number of nitrogen functional groups attached to an aromatic ring is 1. The predicted molar refractivity (Wildman–Crippen MR) is 107 cm³/mol. The summed E-state index contributed by atoms with van der Waals surface area (Å²) in [5, 5.41) is 9.76. The number of aromatic amines is 2. The van der Waals surface area contributed by atoms with E-state index in [1.807, 2.05) is 12.1 Å². The van der Waals surface area contributed by atoms with Crippen molar-refractivity contribution < 1.29 is 14.7 Å². The van der Waals surface area contributed by atoms with Crippen molar-refractivity contribution in [2.45, 2.75) is 31.7 Å². The van der Waals surface area contributed by atoms with Gasteiger partial charge in [-0.05, 0) is 48.9 Å². The topological polar surface area (TPSA) is 145 Å². The molecule has 3 heterocycles. The highest BCUT2D eigenvalue weighted by Crippen LogP contribution is 2.21. The van der Waals surface area contributed by atoms with E-state index in [0.717, 1.165) is 11.1 Å². The van der Waals surface area contributed by atoms with Crippen LogP contribution in [0.3, 0.4) is 0 Å². The van der Waals surface area contributed by atoms with Gasteiger partial charge in [-0.25, -0.2) is 4.79 Å². The lowest BCUT2D eigenvalue weighted by Gasteiger charge is -2.21. The summed E-state index contributed by atoms with van der Waals surface area (Å²) in [6.07, 6.45) is 4.24. The second kappa shape index (κ2) is 7.42. The molecule has 0 saturated carbocycles. The van der Waals surface area contributed by atoms with Gasteiger partial charge in [0.2, 0.25) is 5.95 Å². The zero-order valence-corrected chi connectivity index (χ0v) is 15.6. The van der Waals surface area contributed by atoms with Crippen molar-refractivity contribution in [2.24, 2.45) is 0 Å². The number of aromatic nitrogens is 3. The van der Waals surface area contributed by atoms with Crippen LogP contribution in [0.5, 0.6) is 0 Å². The molecule has 29 heavy (non-hydrogen) atoms. The Balaban J connectivity index is 1.46. The highest BCUT2D eigenvalue weighted by molar-refractivity contribution is 5.97. The quantitative estimate of drug-likeness (QED) is 0.512. The second-order valence-electron chi connectivity index (χ2n) is 7.18. The van der Waals surface area contributed by atoms with Gasteiger partial charge in [0, 0.05) is 18.3 Å². The minimum absolute atomic E-state index is 0.0688. The summed E-state index contributed by atoms with van der Waals surface area (Å²) in [6.45, 7) is 0.464. The molecule has 1 aromatic carbocycles. The average molecular weight is 395 g/mol.